The van der Waals surface area contributed by atoms with E-state index in [0.717, 1.165) is 16.7 Å². The molecule has 0 saturated heterocycles. The fraction of sp³-hybridized carbons (Fsp3) is 0.0667. The number of hydrogen-bond donors (Lipinski definition) is 1. The maximum absolute atomic E-state index is 8.55. The summed E-state index contributed by atoms with van der Waals surface area (Å²) in [6.07, 6.45) is 0. The van der Waals surface area contributed by atoms with Gasteiger partial charge in [-0.15, -0.1) is 0 Å². The van der Waals surface area contributed by atoms with E-state index in [2.05, 4.69) is 48.4 Å². The number of benzene rings is 2. The molecule has 3 heteroatoms. The molecule has 0 bridgehead atoms. The molecular weight excluding hydrogens is 222 g/mol. The van der Waals surface area contributed by atoms with Gasteiger partial charge in [-0.2, -0.15) is 0 Å². The van der Waals surface area contributed by atoms with Gasteiger partial charge in [0, 0.05) is 0 Å². The van der Waals surface area contributed by atoms with E-state index >= 15 is 0 Å². The number of nitrogens with zero attached hydrogens (tertiary/aromatic N) is 2. The zero-order valence-electron chi connectivity index (χ0n) is 10.2. The molecule has 0 atom stereocenters. The van der Waals surface area contributed by atoms with Gasteiger partial charge in [-0.1, -0.05) is 60.7 Å². The maximum Gasteiger partial charge on any atom is -0.0109 e. The molecule has 0 fully saturated rings. The van der Waals surface area contributed by atoms with Crippen molar-refractivity contribution in [1.29, 1.82) is 0 Å². The van der Waals surface area contributed by atoms with Crippen LogP contribution in [0.25, 0.3) is 22.4 Å². The van der Waals surface area contributed by atoms with Crippen LogP contribution in [0.3, 0.4) is 0 Å². The van der Waals surface area contributed by atoms with Crippen molar-refractivity contribution in [2.45, 2.75) is 6.92 Å². The Morgan fingerprint density at radius 1 is 1.11 bits per heavy atom. The van der Waals surface area contributed by atoms with Crippen molar-refractivity contribution in [3.8, 4) is 11.1 Å². The Labute approximate surface area is 107 Å². The predicted octanol–water partition coefficient (Wildman–Crippen LogP) is 4.16. The zero-order valence-corrected chi connectivity index (χ0v) is 10.2. The molecule has 0 amide bonds. The fourth-order valence-electron chi connectivity index (χ4n) is 1.85. The van der Waals surface area contributed by atoms with E-state index in [4.69, 9.17) is 5.53 Å². The summed E-state index contributed by atoms with van der Waals surface area (Å²) >= 11 is 0. The van der Waals surface area contributed by atoms with E-state index in [9.17, 15) is 0 Å². The van der Waals surface area contributed by atoms with E-state index in [1.165, 1.54) is 5.56 Å². The summed E-state index contributed by atoms with van der Waals surface area (Å²) in [6, 6.07) is 16.1. The van der Waals surface area contributed by atoms with E-state index in [1.807, 2.05) is 24.3 Å². The summed E-state index contributed by atoms with van der Waals surface area (Å²) in [7, 11) is 0. The molecule has 0 aromatic heterocycles. The average Bonchev–Trinajstić information content (AvgIpc) is 2.40. The molecular formula is C15H14N3-. The monoisotopic (exact) mass is 236 g/mol. The summed E-state index contributed by atoms with van der Waals surface area (Å²) in [4.78, 5) is 0. The third-order valence-electron chi connectivity index (χ3n) is 2.80. The van der Waals surface area contributed by atoms with Crippen molar-refractivity contribution in [2.75, 3.05) is 0 Å². The minimum atomic E-state index is 0.564. The first-order valence-corrected chi connectivity index (χ1v) is 5.68. The molecule has 0 aliphatic heterocycles. The van der Waals surface area contributed by atoms with E-state index in [-0.39, 0.29) is 0 Å². The van der Waals surface area contributed by atoms with Gasteiger partial charge in [0.15, 0.2) is 0 Å². The van der Waals surface area contributed by atoms with Gasteiger partial charge in [0.05, 0.1) is 0 Å². The summed E-state index contributed by atoms with van der Waals surface area (Å²) in [5.74, 6) is 0. The predicted molar refractivity (Wildman–Crippen MR) is 74.6 cm³/mol. The second-order valence-corrected chi connectivity index (χ2v) is 4.10. The van der Waals surface area contributed by atoms with Gasteiger partial charge in [-0.25, -0.2) is 0 Å². The van der Waals surface area contributed by atoms with Crippen molar-refractivity contribution >= 4 is 5.70 Å². The number of nitrogens with one attached hydrogen (secondary N) is 1. The molecule has 0 aliphatic carbocycles. The first-order valence-electron chi connectivity index (χ1n) is 5.68. The third-order valence-corrected chi connectivity index (χ3v) is 2.80. The Morgan fingerprint density at radius 3 is 2.44 bits per heavy atom. The average molecular weight is 236 g/mol. The van der Waals surface area contributed by atoms with Crippen LogP contribution in [-0.4, -0.2) is 0 Å². The van der Waals surface area contributed by atoms with Gasteiger partial charge in [-0.05, 0) is 29.3 Å². The zero-order chi connectivity index (χ0) is 13.0. The van der Waals surface area contributed by atoms with Crippen molar-refractivity contribution < 1.29 is 0 Å². The third kappa shape index (κ3) is 2.46. The minimum absolute atomic E-state index is 0.564. The number of hydrogen-bond acceptors (Lipinski definition) is 1. The Morgan fingerprint density at radius 2 is 1.78 bits per heavy atom. The molecule has 18 heavy (non-hydrogen) atoms. The largest absolute Gasteiger partial charge is 0.387 e. The quantitative estimate of drug-likeness (QED) is 0.628. The highest BCUT2D eigenvalue weighted by Gasteiger charge is 2.04. The van der Waals surface area contributed by atoms with E-state index < -0.39 is 0 Å². The van der Waals surface area contributed by atoms with Crippen LogP contribution in [0.5, 0.6) is 0 Å². The van der Waals surface area contributed by atoms with Gasteiger partial charge in [-0.3, -0.25) is 5.22 Å². The fourth-order valence-corrected chi connectivity index (χ4v) is 1.85. The van der Waals surface area contributed by atoms with Crippen molar-refractivity contribution in [3.63, 3.8) is 0 Å². The Kier molecular flexibility index (Phi) is 3.53. The Bertz CT molecular complexity index is 571. The molecule has 0 saturated carbocycles. The lowest BCUT2D eigenvalue weighted by molar-refractivity contribution is 0.981. The van der Waals surface area contributed by atoms with Crippen LogP contribution in [0, 0.1) is 6.92 Å². The second-order valence-electron chi connectivity index (χ2n) is 4.10. The molecule has 3 nitrogen and oxygen atoms in total. The van der Waals surface area contributed by atoms with Crippen LogP contribution >= 0.6 is 0 Å². The minimum Gasteiger partial charge on any atom is -0.387 e. The van der Waals surface area contributed by atoms with Gasteiger partial charge in [0.25, 0.3) is 0 Å². The summed E-state index contributed by atoms with van der Waals surface area (Å²) < 4.78 is 0. The molecule has 0 radical (unpaired) electrons. The van der Waals surface area contributed by atoms with Gasteiger partial charge in [0.2, 0.25) is 0 Å². The molecule has 1 N–H and O–H groups in total. The van der Waals surface area contributed by atoms with Crippen LogP contribution in [0.1, 0.15) is 11.1 Å². The normalized spacial score (nSPS) is 9.83. The molecule has 0 heterocycles. The molecule has 0 spiro atoms. The first-order chi connectivity index (χ1) is 8.72. The lowest BCUT2D eigenvalue weighted by Crippen LogP contribution is -2.02. The maximum atomic E-state index is 8.55. The summed E-state index contributed by atoms with van der Waals surface area (Å²) in [5.41, 5.74) is 15.9. The first kappa shape index (κ1) is 12.0. The molecule has 2 aromatic carbocycles. The number of rotatable bonds is 4. The highest BCUT2D eigenvalue weighted by Crippen LogP contribution is 2.27. The smallest absolute Gasteiger partial charge is 0.0109 e. The molecule has 0 unspecified atom stereocenters. The standard InChI is InChI=1S/C15H14N3/c1-11-7-9-13(10-8-11)15-6-4-3-5-14(15)12(2)17-18-16/h3-10H,2H2,1H3,(H-,16,17)/q-1. The van der Waals surface area contributed by atoms with Gasteiger partial charge in [0.1, 0.15) is 0 Å². The highest BCUT2D eigenvalue weighted by molar-refractivity contribution is 5.79. The van der Waals surface area contributed by atoms with Gasteiger partial charge >= 0.3 is 0 Å². The second kappa shape index (κ2) is 5.27. The Hall–Kier alpha value is -2.42. The summed E-state index contributed by atoms with van der Waals surface area (Å²) in [6.45, 7) is 5.91. The van der Waals surface area contributed by atoms with Gasteiger partial charge < -0.3 is 11.0 Å². The van der Waals surface area contributed by atoms with Crippen LogP contribution in [0.15, 0.2) is 60.3 Å². The van der Waals surface area contributed by atoms with Crippen LogP contribution < -0.4 is 5.43 Å². The lowest BCUT2D eigenvalue weighted by Gasteiger charge is -2.15. The lowest BCUT2D eigenvalue weighted by atomic mass is 9.97. The molecule has 0 aliphatic rings. The van der Waals surface area contributed by atoms with Crippen LogP contribution in [-0.2, 0) is 0 Å². The van der Waals surface area contributed by atoms with Crippen molar-refractivity contribution in [3.05, 3.63) is 71.8 Å². The molecule has 2 rings (SSSR count). The van der Waals surface area contributed by atoms with Crippen molar-refractivity contribution in [1.82, 2.24) is 5.43 Å². The highest BCUT2D eigenvalue weighted by atomic mass is 15.4. The van der Waals surface area contributed by atoms with Crippen LogP contribution in [0.2, 0.25) is 0 Å². The molecule has 2 aromatic rings. The number of aryl methyl sites for hydroxylation is 1. The SMILES string of the molecule is C=C(NN=[N-])c1ccccc1-c1ccc(C)cc1. The van der Waals surface area contributed by atoms with Crippen molar-refractivity contribution in [2.24, 2.45) is 5.22 Å². The summed E-state index contributed by atoms with van der Waals surface area (Å²) in [5, 5.41) is 2.91. The van der Waals surface area contributed by atoms with E-state index in [0.29, 0.717) is 5.70 Å². The Balaban J connectivity index is 2.47. The van der Waals surface area contributed by atoms with E-state index in [1.54, 1.807) is 0 Å². The molecule has 90 valence electrons. The topological polar surface area (TPSA) is 46.7 Å². The van der Waals surface area contributed by atoms with Crippen LogP contribution in [0.4, 0.5) is 0 Å².